The zero-order valence-corrected chi connectivity index (χ0v) is 10.7. The van der Waals surface area contributed by atoms with E-state index in [1.165, 1.54) is 0 Å². The van der Waals surface area contributed by atoms with Crippen LogP contribution in [-0.2, 0) is 4.79 Å². The number of carbonyl (C=O) groups excluding carboxylic acids is 1. The third-order valence-corrected chi connectivity index (χ3v) is 4.57. The third-order valence-electron chi connectivity index (χ3n) is 4.57. The Kier molecular flexibility index (Phi) is 2.26. The maximum absolute atomic E-state index is 10.8. The lowest BCUT2D eigenvalue weighted by atomic mass is 9.73. The molecule has 0 aromatic heterocycles. The zero-order chi connectivity index (χ0) is 12.1. The van der Waals surface area contributed by atoms with Gasteiger partial charge in [0.25, 0.3) is 0 Å². The molecule has 0 spiro atoms. The molecule has 3 heteroatoms. The summed E-state index contributed by atoms with van der Waals surface area (Å²) >= 11 is 0. The largest absolute Gasteiger partial charge is 0.367 e. The van der Waals surface area contributed by atoms with Crippen LogP contribution in [0, 0.1) is 11.3 Å². The molecule has 0 amide bonds. The van der Waals surface area contributed by atoms with Gasteiger partial charge in [0.1, 0.15) is 6.29 Å². The van der Waals surface area contributed by atoms with Crippen molar-refractivity contribution < 1.29 is 4.79 Å². The highest BCUT2D eigenvalue weighted by Crippen LogP contribution is 2.48. The van der Waals surface area contributed by atoms with E-state index in [1.54, 1.807) is 0 Å². The number of hydrogen-bond donors (Lipinski definition) is 0. The molecular weight excluding hydrogens is 200 g/mol. The molecule has 2 rings (SSSR count). The Bertz CT molecular complexity index is 391. The van der Waals surface area contributed by atoms with Crippen LogP contribution >= 0.6 is 0 Å². The maximum atomic E-state index is 10.8. The summed E-state index contributed by atoms with van der Waals surface area (Å²) < 4.78 is 0. The van der Waals surface area contributed by atoms with Crippen LogP contribution in [0.1, 0.15) is 27.7 Å². The summed E-state index contributed by atoms with van der Waals surface area (Å²) in [5, 5.41) is 0. The molecule has 0 N–H and O–H groups in total. The first-order valence-electron chi connectivity index (χ1n) is 5.78. The molecule has 0 radical (unpaired) electrons. The summed E-state index contributed by atoms with van der Waals surface area (Å²) in [5.74, 6) is -0.0501. The number of dihydropyridines is 1. The first-order chi connectivity index (χ1) is 7.32. The Morgan fingerprint density at radius 3 is 2.62 bits per heavy atom. The van der Waals surface area contributed by atoms with E-state index in [1.807, 2.05) is 0 Å². The molecule has 0 aromatic rings. The second kappa shape index (κ2) is 3.19. The standard InChI is InChI=1S/C13H20N2O/c1-12(2)11-10(15(5)13(12,3)4)6-9(8-16)7-14-11/h6,8-9H,7H2,1-5H3. The highest BCUT2D eigenvalue weighted by molar-refractivity contribution is 6.07. The number of hydrogen-bond acceptors (Lipinski definition) is 3. The molecular formula is C13H20N2O. The topological polar surface area (TPSA) is 32.7 Å². The van der Waals surface area contributed by atoms with Crippen molar-refractivity contribution in [1.29, 1.82) is 0 Å². The molecule has 0 saturated carbocycles. The summed E-state index contributed by atoms with van der Waals surface area (Å²) in [6.45, 7) is 9.51. The summed E-state index contributed by atoms with van der Waals surface area (Å²) in [4.78, 5) is 17.7. The van der Waals surface area contributed by atoms with Gasteiger partial charge in [-0.05, 0) is 19.9 Å². The number of aliphatic imine (C=N–C) groups is 1. The van der Waals surface area contributed by atoms with E-state index in [2.05, 4.69) is 50.7 Å². The molecule has 0 bridgehead atoms. The fourth-order valence-corrected chi connectivity index (χ4v) is 2.49. The molecule has 2 aliphatic heterocycles. The molecule has 16 heavy (non-hydrogen) atoms. The van der Waals surface area contributed by atoms with Crippen molar-refractivity contribution in [2.45, 2.75) is 33.2 Å². The van der Waals surface area contributed by atoms with Crippen LogP contribution in [0.25, 0.3) is 0 Å². The molecule has 1 saturated heterocycles. The van der Waals surface area contributed by atoms with E-state index in [0.29, 0.717) is 6.54 Å². The van der Waals surface area contributed by atoms with Crippen molar-refractivity contribution in [2.24, 2.45) is 16.3 Å². The Morgan fingerprint density at radius 1 is 1.44 bits per heavy atom. The Morgan fingerprint density at radius 2 is 2.06 bits per heavy atom. The van der Waals surface area contributed by atoms with Gasteiger partial charge in [-0.15, -0.1) is 0 Å². The molecule has 2 aliphatic rings. The van der Waals surface area contributed by atoms with E-state index in [-0.39, 0.29) is 16.9 Å². The quantitative estimate of drug-likeness (QED) is 0.632. The smallest absolute Gasteiger partial charge is 0.128 e. The molecule has 1 atom stereocenters. The lowest BCUT2D eigenvalue weighted by Crippen LogP contribution is -2.45. The average molecular weight is 220 g/mol. The average Bonchev–Trinajstić information content (AvgIpc) is 2.38. The monoisotopic (exact) mass is 220 g/mol. The van der Waals surface area contributed by atoms with Crippen LogP contribution in [0.4, 0.5) is 0 Å². The number of likely N-dealkylation sites (tertiary alicyclic amines) is 1. The summed E-state index contributed by atoms with van der Waals surface area (Å²) in [6, 6.07) is 0. The van der Waals surface area contributed by atoms with Crippen LogP contribution in [0.15, 0.2) is 16.8 Å². The minimum absolute atomic E-state index is 0.0292. The van der Waals surface area contributed by atoms with Crippen molar-refractivity contribution in [3.63, 3.8) is 0 Å². The molecule has 88 valence electrons. The minimum Gasteiger partial charge on any atom is -0.367 e. The number of nitrogens with zero attached hydrogens (tertiary/aromatic N) is 2. The van der Waals surface area contributed by atoms with Crippen LogP contribution in [-0.4, -0.2) is 36.0 Å². The van der Waals surface area contributed by atoms with E-state index in [4.69, 9.17) is 0 Å². The Balaban J connectivity index is 2.52. The second-order valence-corrected chi connectivity index (χ2v) is 5.78. The molecule has 0 aliphatic carbocycles. The first kappa shape index (κ1) is 11.4. The number of aldehydes is 1. The Hall–Kier alpha value is -1.12. The van der Waals surface area contributed by atoms with Gasteiger partial charge in [0.2, 0.25) is 0 Å². The van der Waals surface area contributed by atoms with Crippen molar-refractivity contribution >= 4 is 12.0 Å². The molecule has 3 nitrogen and oxygen atoms in total. The van der Waals surface area contributed by atoms with Crippen LogP contribution in [0.3, 0.4) is 0 Å². The summed E-state index contributed by atoms with van der Waals surface area (Å²) in [6.07, 6.45) is 3.05. The van der Waals surface area contributed by atoms with Gasteiger partial charge < -0.3 is 9.69 Å². The fraction of sp³-hybridized carbons (Fsp3) is 0.692. The first-order valence-corrected chi connectivity index (χ1v) is 5.78. The maximum Gasteiger partial charge on any atom is 0.128 e. The van der Waals surface area contributed by atoms with Crippen molar-refractivity contribution in [2.75, 3.05) is 13.6 Å². The van der Waals surface area contributed by atoms with Gasteiger partial charge in [0, 0.05) is 18.0 Å². The summed E-state index contributed by atoms with van der Waals surface area (Å²) in [5.41, 5.74) is 2.35. The van der Waals surface area contributed by atoms with Crippen LogP contribution in [0.5, 0.6) is 0 Å². The normalized spacial score (nSPS) is 30.6. The van der Waals surface area contributed by atoms with Gasteiger partial charge >= 0.3 is 0 Å². The third kappa shape index (κ3) is 1.20. The highest BCUT2D eigenvalue weighted by Gasteiger charge is 2.53. The van der Waals surface area contributed by atoms with Crippen LogP contribution in [0.2, 0.25) is 0 Å². The van der Waals surface area contributed by atoms with E-state index < -0.39 is 0 Å². The molecule has 1 unspecified atom stereocenters. The van der Waals surface area contributed by atoms with Gasteiger partial charge in [-0.2, -0.15) is 0 Å². The Labute approximate surface area is 97.2 Å². The zero-order valence-electron chi connectivity index (χ0n) is 10.7. The fourth-order valence-electron chi connectivity index (χ4n) is 2.49. The SMILES string of the molecule is CN1C2=CC(C=O)CN=C2C(C)(C)C1(C)C. The second-order valence-electron chi connectivity index (χ2n) is 5.78. The van der Waals surface area contributed by atoms with Gasteiger partial charge in [0.05, 0.1) is 23.9 Å². The van der Waals surface area contributed by atoms with Gasteiger partial charge in [-0.3, -0.25) is 4.99 Å². The van der Waals surface area contributed by atoms with E-state index >= 15 is 0 Å². The lowest BCUT2D eigenvalue weighted by molar-refractivity contribution is -0.109. The summed E-state index contributed by atoms with van der Waals surface area (Å²) in [7, 11) is 2.09. The highest BCUT2D eigenvalue weighted by atomic mass is 16.1. The van der Waals surface area contributed by atoms with Crippen molar-refractivity contribution in [1.82, 2.24) is 4.90 Å². The minimum atomic E-state index is -0.0501. The van der Waals surface area contributed by atoms with Crippen LogP contribution < -0.4 is 0 Å². The van der Waals surface area contributed by atoms with Gasteiger partial charge in [-0.1, -0.05) is 13.8 Å². The van der Waals surface area contributed by atoms with Gasteiger partial charge in [0.15, 0.2) is 0 Å². The number of allylic oxidation sites excluding steroid dienone is 1. The number of carbonyl (C=O) groups is 1. The molecule has 1 fully saturated rings. The van der Waals surface area contributed by atoms with Crippen molar-refractivity contribution in [3.8, 4) is 0 Å². The van der Waals surface area contributed by atoms with Gasteiger partial charge in [-0.25, -0.2) is 0 Å². The van der Waals surface area contributed by atoms with Crippen molar-refractivity contribution in [3.05, 3.63) is 11.8 Å². The van der Waals surface area contributed by atoms with E-state index in [9.17, 15) is 4.79 Å². The predicted molar refractivity (Wildman–Crippen MR) is 65.6 cm³/mol. The number of rotatable bonds is 1. The molecule has 2 heterocycles. The van der Waals surface area contributed by atoms with E-state index in [0.717, 1.165) is 17.7 Å². The predicted octanol–water partition coefficient (Wildman–Crippen LogP) is 1.89. The lowest BCUT2D eigenvalue weighted by Gasteiger charge is -2.39. The molecule has 0 aromatic carbocycles. The number of fused-ring (bicyclic) bond motifs is 1.